The fourth-order valence-corrected chi connectivity index (χ4v) is 4.94. The first-order valence-corrected chi connectivity index (χ1v) is 11.6. The SMILES string of the molecule is Cc1cccc2sc(N(CCN3CCOCC3)C(=O)COc3ccc(Cl)cc3Cl)nc12.Cl. The van der Waals surface area contributed by atoms with Gasteiger partial charge in [-0.15, -0.1) is 12.4 Å². The molecule has 32 heavy (non-hydrogen) atoms. The molecule has 2 aromatic carbocycles. The van der Waals surface area contributed by atoms with E-state index >= 15 is 0 Å². The molecule has 1 fully saturated rings. The van der Waals surface area contributed by atoms with Gasteiger partial charge in [0.15, 0.2) is 11.7 Å². The van der Waals surface area contributed by atoms with Crippen LogP contribution in [0.15, 0.2) is 36.4 Å². The van der Waals surface area contributed by atoms with Crippen LogP contribution in [0.3, 0.4) is 0 Å². The molecule has 0 bridgehead atoms. The number of para-hydroxylation sites is 1. The predicted octanol–water partition coefficient (Wildman–Crippen LogP) is 5.08. The Labute approximate surface area is 207 Å². The van der Waals surface area contributed by atoms with Crippen molar-refractivity contribution in [3.8, 4) is 5.75 Å². The normalized spacial score (nSPS) is 14.2. The monoisotopic (exact) mass is 515 g/mol. The Hall–Kier alpha value is -1.61. The van der Waals surface area contributed by atoms with E-state index in [1.54, 1.807) is 23.1 Å². The number of rotatable bonds is 7. The number of aromatic nitrogens is 1. The lowest BCUT2D eigenvalue weighted by atomic mass is 10.2. The molecule has 1 aliphatic rings. The third-order valence-electron chi connectivity index (χ3n) is 5.13. The summed E-state index contributed by atoms with van der Waals surface area (Å²) >= 11 is 13.6. The third kappa shape index (κ3) is 6.04. The maximum atomic E-state index is 13.2. The molecule has 0 spiro atoms. The van der Waals surface area contributed by atoms with Gasteiger partial charge < -0.3 is 9.47 Å². The zero-order valence-corrected chi connectivity index (χ0v) is 20.7. The van der Waals surface area contributed by atoms with E-state index in [4.69, 9.17) is 37.7 Å². The van der Waals surface area contributed by atoms with Crippen molar-refractivity contribution in [1.29, 1.82) is 0 Å². The van der Waals surface area contributed by atoms with E-state index in [1.807, 2.05) is 25.1 Å². The Balaban J connectivity index is 0.00000289. The zero-order valence-electron chi connectivity index (χ0n) is 17.6. The second-order valence-corrected chi connectivity index (χ2v) is 9.13. The van der Waals surface area contributed by atoms with Crippen molar-refractivity contribution in [2.75, 3.05) is 50.9 Å². The number of anilines is 1. The van der Waals surface area contributed by atoms with E-state index in [1.165, 1.54) is 11.3 Å². The lowest BCUT2D eigenvalue weighted by molar-refractivity contribution is -0.120. The number of amides is 1. The van der Waals surface area contributed by atoms with Crippen LogP contribution in [-0.2, 0) is 9.53 Å². The number of nitrogens with zero attached hydrogens (tertiary/aromatic N) is 3. The van der Waals surface area contributed by atoms with E-state index < -0.39 is 0 Å². The van der Waals surface area contributed by atoms with Crippen LogP contribution >= 0.6 is 46.9 Å². The highest BCUT2D eigenvalue weighted by molar-refractivity contribution is 7.22. The van der Waals surface area contributed by atoms with Crippen LogP contribution in [0.4, 0.5) is 5.13 Å². The molecule has 4 rings (SSSR count). The van der Waals surface area contributed by atoms with Crippen molar-refractivity contribution in [2.24, 2.45) is 0 Å². The lowest BCUT2D eigenvalue weighted by Crippen LogP contribution is -2.44. The summed E-state index contributed by atoms with van der Waals surface area (Å²) in [6.07, 6.45) is 0. The van der Waals surface area contributed by atoms with Gasteiger partial charge in [-0.05, 0) is 36.8 Å². The highest BCUT2D eigenvalue weighted by Crippen LogP contribution is 2.31. The number of carbonyl (C=O) groups excluding carboxylic acids is 1. The summed E-state index contributed by atoms with van der Waals surface area (Å²) in [5.74, 6) is 0.253. The van der Waals surface area contributed by atoms with Gasteiger partial charge >= 0.3 is 0 Å². The van der Waals surface area contributed by atoms with Gasteiger partial charge in [-0.1, -0.05) is 46.7 Å². The first-order chi connectivity index (χ1) is 15.0. The minimum Gasteiger partial charge on any atom is -0.482 e. The smallest absolute Gasteiger partial charge is 0.266 e. The number of benzene rings is 2. The standard InChI is InChI=1S/C22H23Cl2N3O3S.ClH/c1-15-3-2-4-19-21(15)25-22(31-19)27(8-7-26-9-11-29-12-10-26)20(28)14-30-18-6-5-16(23)13-17(18)24;/h2-6,13H,7-12,14H2,1H3;1H. The van der Waals surface area contributed by atoms with Crippen LogP contribution in [0.5, 0.6) is 5.75 Å². The Morgan fingerprint density at radius 1 is 1.25 bits per heavy atom. The largest absolute Gasteiger partial charge is 0.482 e. The van der Waals surface area contributed by atoms with Gasteiger partial charge in [-0.25, -0.2) is 4.98 Å². The van der Waals surface area contributed by atoms with Gasteiger partial charge in [-0.3, -0.25) is 14.6 Å². The summed E-state index contributed by atoms with van der Waals surface area (Å²) < 4.78 is 12.2. The molecule has 1 saturated heterocycles. The maximum absolute atomic E-state index is 13.2. The molecular weight excluding hydrogens is 493 g/mol. The van der Waals surface area contributed by atoms with Crippen molar-refractivity contribution in [2.45, 2.75) is 6.92 Å². The molecule has 2 heterocycles. The average molecular weight is 517 g/mol. The quantitative estimate of drug-likeness (QED) is 0.438. The molecule has 0 atom stereocenters. The predicted molar refractivity (Wildman–Crippen MR) is 133 cm³/mol. The van der Waals surface area contributed by atoms with Crippen molar-refractivity contribution < 1.29 is 14.3 Å². The van der Waals surface area contributed by atoms with Crippen LogP contribution in [0, 0.1) is 6.92 Å². The van der Waals surface area contributed by atoms with Gasteiger partial charge in [0.25, 0.3) is 5.91 Å². The van der Waals surface area contributed by atoms with E-state index in [0.717, 1.165) is 35.4 Å². The molecule has 0 unspecified atom stereocenters. The van der Waals surface area contributed by atoms with Crippen molar-refractivity contribution in [3.63, 3.8) is 0 Å². The Kier molecular flexibility index (Phi) is 8.99. The van der Waals surface area contributed by atoms with Crippen molar-refractivity contribution in [3.05, 3.63) is 52.0 Å². The van der Waals surface area contributed by atoms with Gasteiger partial charge in [0.1, 0.15) is 5.75 Å². The second kappa shape index (κ2) is 11.5. The summed E-state index contributed by atoms with van der Waals surface area (Å²) in [6.45, 7) is 6.30. The third-order valence-corrected chi connectivity index (χ3v) is 6.70. The maximum Gasteiger partial charge on any atom is 0.266 e. The van der Waals surface area contributed by atoms with Crippen LogP contribution in [0.1, 0.15) is 5.56 Å². The van der Waals surface area contributed by atoms with Crippen LogP contribution in [0.2, 0.25) is 10.0 Å². The van der Waals surface area contributed by atoms with E-state index in [0.29, 0.717) is 40.7 Å². The molecule has 172 valence electrons. The van der Waals surface area contributed by atoms with E-state index in [-0.39, 0.29) is 24.9 Å². The molecule has 0 aliphatic carbocycles. The minimum atomic E-state index is -0.170. The molecular formula is C22H24Cl3N3O3S. The van der Waals surface area contributed by atoms with Crippen molar-refractivity contribution in [1.82, 2.24) is 9.88 Å². The minimum absolute atomic E-state index is 0. The van der Waals surface area contributed by atoms with E-state index in [2.05, 4.69) is 4.90 Å². The fourth-order valence-electron chi connectivity index (χ4n) is 3.39. The number of hydrogen-bond donors (Lipinski definition) is 0. The number of ether oxygens (including phenoxy) is 2. The van der Waals surface area contributed by atoms with Crippen LogP contribution in [0.25, 0.3) is 10.2 Å². The molecule has 0 saturated carbocycles. The number of halogens is 3. The Morgan fingerprint density at radius 2 is 2.03 bits per heavy atom. The first kappa shape index (κ1) is 25.0. The molecule has 0 N–H and O–H groups in total. The summed E-state index contributed by atoms with van der Waals surface area (Å²) in [6, 6.07) is 11.0. The van der Waals surface area contributed by atoms with E-state index in [9.17, 15) is 4.79 Å². The molecule has 3 aromatic rings. The number of aryl methyl sites for hydroxylation is 1. The van der Waals surface area contributed by atoms with Gasteiger partial charge in [0.2, 0.25) is 0 Å². The molecule has 1 aromatic heterocycles. The topological polar surface area (TPSA) is 54.9 Å². The molecule has 10 heteroatoms. The van der Waals surface area contributed by atoms with Gasteiger partial charge in [0, 0.05) is 31.2 Å². The average Bonchev–Trinajstić information content (AvgIpc) is 3.19. The number of fused-ring (bicyclic) bond motifs is 1. The lowest BCUT2D eigenvalue weighted by Gasteiger charge is -2.29. The zero-order chi connectivity index (χ0) is 21.8. The molecule has 1 amide bonds. The number of morpholine rings is 1. The number of hydrogen-bond acceptors (Lipinski definition) is 6. The van der Waals surface area contributed by atoms with Gasteiger partial charge in [0.05, 0.1) is 28.5 Å². The summed E-state index contributed by atoms with van der Waals surface area (Å²) in [7, 11) is 0. The molecule has 6 nitrogen and oxygen atoms in total. The second-order valence-electron chi connectivity index (χ2n) is 7.28. The summed E-state index contributed by atoms with van der Waals surface area (Å²) in [5, 5.41) is 1.56. The summed E-state index contributed by atoms with van der Waals surface area (Å²) in [4.78, 5) is 22.0. The first-order valence-electron chi connectivity index (χ1n) is 10.1. The van der Waals surface area contributed by atoms with Crippen molar-refractivity contribution >= 4 is 68.2 Å². The summed E-state index contributed by atoms with van der Waals surface area (Å²) in [5.41, 5.74) is 2.01. The number of thiazole rings is 1. The molecule has 1 aliphatic heterocycles. The Morgan fingerprint density at radius 3 is 2.75 bits per heavy atom. The van der Waals surface area contributed by atoms with Crippen LogP contribution < -0.4 is 9.64 Å². The highest BCUT2D eigenvalue weighted by atomic mass is 35.5. The Bertz CT molecular complexity index is 1070. The fraction of sp³-hybridized carbons (Fsp3) is 0.364. The van der Waals surface area contributed by atoms with Gasteiger partial charge in [-0.2, -0.15) is 0 Å². The highest BCUT2D eigenvalue weighted by Gasteiger charge is 2.22. The molecule has 0 radical (unpaired) electrons. The number of carbonyl (C=O) groups is 1. The van der Waals surface area contributed by atoms with Crippen LogP contribution in [-0.4, -0.2) is 61.8 Å².